The molecular weight excluding hydrogens is 152 g/mol. The number of nitrogens with two attached hydrogens (primary N) is 1. The summed E-state index contributed by atoms with van der Waals surface area (Å²) in [6.45, 7) is 7.71. The van der Waals surface area contributed by atoms with Gasteiger partial charge in [-0.05, 0) is 45.9 Å². The Balaban J connectivity index is 3.05. The molecule has 1 heterocycles. The monoisotopic (exact) mass is 169 g/mol. The third kappa shape index (κ3) is 1.13. The summed E-state index contributed by atoms with van der Waals surface area (Å²) in [5.41, 5.74) is 5.75. The summed E-state index contributed by atoms with van der Waals surface area (Å²) in [4.78, 5) is 0. The van der Waals surface area contributed by atoms with Crippen molar-refractivity contribution < 1.29 is 5.21 Å². The second-order valence-corrected chi connectivity index (χ2v) is 4.53. The fourth-order valence-corrected chi connectivity index (χ4v) is 1.90. The second-order valence-electron chi connectivity index (χ2n) is 4.53. The Bertz CT molecular complexity index is 219. The molecule has 0 unspecified atom stereocenters. The minimum atomic E-state index is -0.432. The molecule has 1 radical (unpaired) electrons. The Kier molecular flexibility index (Phi) is 1.97. The third-order valence-electron chi connectivity index (χ3n) is 2.67. The molecule has 12 heavy (non-hydrogen) atoms. The second kappa shape index (κ2) is 2.47. The molecule has 0 aromatic rings. The van der Waals surface area contributed by atoms with Crippen molar-refractivity contribution in [3.63, 3.8) is 0 Å². The maximum Gasteiger partial charge on any atom is 0.0669 e. The lowest BCUT2D eigenvalue weighted by Gasteiger charge is -2.31. The van der Waals surface area contributed by atoms with Gasteiger partial charge in [-0.15, -0.1) is 10.3 Å². The zero-order valence-corrected chi connectivity index (χ0v) is 8.22. The molecule has 69 valence electrons. The van der Waals surface area contributed by atoms with Crippen LogP contribution in [0.25, 0.3) is 0 Å². The molecule has 1 rings (SSSR count). The van der Waals surface area contributed by atoms with E-state index in [1.807, 2.05) is 27.7 Å². The SMILES string of the molecule is CC1(C)CC(=CN)C(C)(C)N1[O]. The van der Waals surface area contributed by atoms with Gasteiger partial charge in [-0.3, -0.25) is 0 Å². The molecule has 0 saturated carbocycles. The molecule has 3 nitrogen and oxygen atoms in total. The molecule has 1 fully saturated rings. The van der Waals surface area contributed by atoms with Crippen LogP contribution in [0.3, 0.4) is 0 Å². The molecule has 2 N–H and O–H groups in total. The van der Waals surface area contributed by atoms with Crippen LogP contribution in [0.5, 0.6) is 0 Å². The van der Waals surface area contributed by atoms with Crippen molar-refractivity contribution in [3.8, 4) is 0 Å². The highest BCUT2D eigenvalue weighted by molar-refractivity contribution is 5.25. The Morgan fingerprint density at radius 1 is 1.42 bits per heavy atom. The highest BCUT2D eigenvalue weighted by Crippen LogP contribution is 2.42. The first kappa shape index (κ1) is 9.55. The van der Waals surface area contributed by atoms with Gasteiger partial charge < -0.3 is 5.73 Å². The van der Waals surface area contributed by atoms with E-state index in [9.17, 15) is 5.21 Å². The number of hydrogen-bond donors (Lipinski definition) is 1. The molecule has 0 aromatic heterocycles. The lowest BCUT2D eigenvalue weighted by Crippen LogP contribution is -2.44. The van der Waals surface area contributed by atoms with Crippen molar-refractivity contribution in [2.24, 2.45) is 5.73 Å². The van der Waals surface area contributed by atoms with E-state index >= 15 is 0 Å². The van der Waals surface area contributed by atoms with Crippen LogP contribution >= 0.6 is 0 Å². The van der Waals surface area contributed by atoms with Gasteiger partial charge in [-0.2, -0.15) is 0 Å². The minimum absolute atomic E-state index is 0.311. The zero-order chi connectivity index (χ0) is 9.57. The van der Waals surface area contributed by atoms with E-state index in [1.54, 1.807) is 6.20 Å². The van der Waals surface area contributed by atoms with E-state index < -0.39 is 5.54 Å². The standard InChI is InChI=1S/C9H17N2O/c1-8(2)5-7(6-10)9(3,4)11(8)12/h6H,5,10H2,1-4H3. The third-order valence-corrected chi connectivity index (χ3v) is 2.67. The largest absolute Gasteiger partial charge is 0.405 e. The number of rotatable bonds is 0. The van der Waals surface area contributed by atoms with Crippen molar-refractivity contribution >= 4 is 0 Å². The van der Waals surface area contributed by atoms with Gasteiger partial charge in [0, 0.05) is 5.54 Å². The molecule has 3 heteroatoms. The van der Waals surface area contributed by atoms with Gasteiger partial charge in [-0.25, -0.2) is 0 Å². The predicted molar refractivity (Wildman–Crippen MR) is 47.6 cm³/mol. The lowest BCUT2D eigenvalue weighted by molar-refractivity contribution is -0.240. The molecule has 1 aliphatic rings. The summed E-state index contributed by atoms with van der Waals surface area (Å²) < 4.78 is 0. The quantitative estimate of drug-likeness (QED) is 0.596. The Hall–Kier alpha value is -0.540. The summed E-state index contributed by atoms with van der Waals surface area (Å²) in [5, 5.41) is 12.9. The van der Waals surface area contributed by atoms with Gasteiger partial charge in [0.25, 0.3) is 0 Å². The van der Waals surface area contributed by atoms with E-state index in [2.05, 4.69) is 0 Å². The van der Waals surface area contributed by atoms with Crippen molar-refractivity contribution in [2.75, 3.05) is 0 Å². The van der Waals surface area contributed by atoms with Crippen LogP contribution in [0, 0.1) is 0 Å². The Labute approximate surface area is 73.8 Å². The molecule has 0 atom stereocenters. The predicted octanol–water partition coefficient (Wildman–Crippen LogP) is 1.44. The molecule has 0 bridgehead atoms. The smallest absolute Gasteiger partial charge is 0.0669 e. The average molecular weight is 169 g/mol. The van der Waals surface area contributed by atoms with Crippen molar-refractivity contribution in [3.05, 3.63) is 11.8 Å². The fraction of sp³-hybridized carbons (Fsp3) is 0.778. The van der Waals surface area contributed by atoms with Gasteiger partial charge in [0.05, 0.1) is 5.54 Å². The van der Waals surface area contributed by atoms with Crippen LogP contribution in [0.15, 0.2) is 11.8 Å². The first-order valence-electron chi connectivity index (χ1n) is 4.21. The highest BCUT2D eigenvalue weighted by Gasteiger charge is 2.48. The maximum atomic E-state index is 11.7. The first-order valence-corrected chi connectivity index (χ1v) is 4.21. The van der Waals surface area contributed by atoms with Crippen molar-refractivity contribution in [1.82, 2.24) is 5.06 Å². The Morgan fingerprint density at radius 3 is 2.08 bits per heavy atom. The molecule has 1 aliphatic heterocycles. The molecule has 0 aromatic carbocycles. The summed E-state index contributed by atoms with van der Waals surface area (Å²) in [6, 6.07) is 0. The van der Waals surface area contributed by atoms with E-state index in [1.165, 1.54) is 0 Å². The van der Waals surface area contributed by atoms with Crippen LogP contribution in [0.4, 0.5) is 0 Å². The van der Waals surface area contributed by atoms with E-state index in [0.717, 1.165) is 17.1 Å². The number of hydrogen-bond acceptors (Lipinski definition) is 2. The van der Waals surface area contributed by atoms with Crippen LogP contribution in [-0.4, -0.2) is 16.1 Å². The molecule has 0 spiro atoms. The Morgan fingerprint density at radius 2 is 1.92 bits per heavy atom. The zero-order valence-electron chi connectivity index (χ0n) is 8.22. The summed E-state index contributed by atoms with van der Waals surface area (Å²) in [6.07, 6.45) is 2.33. The van der Waals surface area contributed by atoms with E-state index in [4.69, 9.17) is 5.73 Å². The molecule has 0 amide bonds. The summed E-state index contributed by atoms with van der Waals surface area (Å²) in [5.74, 6) is 0. The van der Waals surface area contributed by atoms with Crippen LogP contribution in [0.2, 0.25) is 0 Å². The minimum Gasteiger partial charge on any atom is -0.405 e. The average Bonchev–Trinajstić information content (AvgIpc) is 2.11. The molecular formula is C9H17N2O. The van der Waals surface area contributed by atoms with Crippen molar-refractivity contribution in [2.45, 2.75) is 45.2 Å². The molecule has 0 aliphatic carbocycles. The van der Waals surface area contributed by atoms with Crippen LogP contribution < -0.4 is 5.73 Å². The van der Waals surface area contributed by atoms with E-state index in [0.29, 0.717) is 0 Å². The van der Waals surface area contributed by atoms with Crippen molar-refractivity contribution in [1.29, 1.82) is 0 Å². The van der Waals surface area contributed by atoms with Gasteiger partial charge >= 0.3 is 0 Å². The topological polar surface area (TPSA) is 49.2 Å². The molecule has 1 saturated heterocycles. The van der Waals surface area contributed by atoms with Gasteiger partial charge in [0.1, 0.15) is 0 Å². The number of nitrogens with zero attached hydrogens (tertiary/aromatic N) is 1. The summed E-state index contributed by atoms with van der Waals surface area (Å²) >= 11 is 0. The summed E-state index contributed by atoms with van der Waals surface area (Å²) in [7, 11) is 0. The van der Waals surface area contributed by atoms with E-state index in [-0.39, 0.29) is 5.54 Å². The maximum absolute atomic E-state index is 11.7. The van der Waals surface area contributed by atoms with Gasteiger partial charge in [-0.1, -0.05) is 0 Å². The van der Waals surface area contributed by atoms with Crippen LogP contribution in [0.1, 0.15) is 34.1 Å². The van der Waals surface area contributed by atoms with Gasteiger partial charge in [0.2, 0.25) is 0 Å². The van der Waals surface area contributed by atoms with Gasteiger partial charge in [0.15, 0.2) is 0 Å². The number of hydroxylamine groups is 2. The lowest BCUT2D eigenvalue weighted by atomic mass is 9.95. The van der Waals surface area contributed by atoms with Crippen LogP contribution in [-0.2, 0) is 5.21 Å². The normalized spacial score (nSPS) is 31.2. The fourth-order valence-electron chi connectivity index (χ4n) is 1.90. The first-order chi connectivity index (χ1) is 5.32. The highest BCUT2D eigenvalue weighted by atomic mass is 16.5.